The highest BCUT2D eigenvalue weighted by atomic mass is 16.3. The Balaban J connectivity index is 1.86. The lowest BCUT2D eigenvalue weighted by Crippen LogP contribution is -2.39. The SMILES string of the molecule is O[C@@H]1CC/C=C\CC[C@H]1NCc1ccccc1. The highest BCUT2D eigenvalue weighted by molar-refractivity contribution is 5.14. The number of aliphatic hydroxyl groups is 1. The fourth-order valence-electron chi connectivity index (χ4n) is 2.25. The molecule has 2 N–H and O–H groups in total. The zero-order valence-electron chi connectivity index (χ0n) is 10.2. The van der Waals surface area contributed by atoms with Gasteiger partial charge in [-0.1, -0.05) is 42.5 Å². The molecule has 0 aliphatic heterocycles. The van der Waals surface area contributed by atoms with Gasteiger partial charge in [0.25, 0.3) is 0 Å². The van der Waals surface area contributed by atoms with E-state index in [4.69, 9.17) is 0 Å². The summed E-state index contributed by atoms with van der Waals surface area (Å²) < 4.78 is 0. The molecule has 0 amide bonds. The zero-order chi connectivity index (χ0) is 11.9. The first-order valence-electron chi connectivity index (χ1n) is 6.46. The summed E-state index contributed by atoms with van der Waals surface area (Å²) >= 11 is 0. The van der Waals surface area contributed by atoms with Crippen LogP contribution in [0.25, 0.3) is 0 Å². The minimum absolute atomic E-state index is 0.219. The lowest BCUT2D eigenvalue weighted by atomic mass is 9.98. The van der Waals surface area contributed by atoms with Gasteiger partial charge >= 0.3 is 0 Å². The Hall–Kier alpha value is -1.12. The fourth-order valence-corrected chi connectivity index (χ4v) is 2.25. The van der Waals surface area contributed by atoms with Gasteiger partial charge in [0, 0.05) is 12.6 Å². The van der Waals surface area contributed by atoms with Crippen molar-refractivity contribution in [1.29, 1.82) is 0 Å². The lowest BCUT2D eigenvalue weighted by molar-refractivity contribution is 0.113. The number of nitrogens with one attached hydrogen (secondary N) is 1. The molecule has 0 radical (unpaired) electrons. The minimum Gasteiger partial charge on any atom is -0.391 e. The molecule has 17 heavy (non-hydrogen) atoms. The van der Waals surface area contributed by atoms with Gasteiger partial charge in [0.15, 0.2) is 0 Å². The molecule has 0 aromatic heterocycles. The summed E-state index contributed by atoms with van der Waals surface area (Å²) in [4.78, 5) is 0. The van der Waals surface area contributed by atoms with Crippen molar-refractivity contribution in [2.45, 2.75) is 44.4 Å². The van der Waals surface area contributed by atoms with Crippen LogP contribution in [0.5, 0.6) is 0 Å². The van der Waals surface area contributed by atoms with Crippen molar-refractivity contribution >= 4 is 0 Å². The third kappa shape index (κ3) is 3.99. The molecule has 1 aromatic carbocycles. The summed E-state index contributed by atoms with van der Waals surface area (Å²) in [6.07, 6.45) is 8.12. The smallest absolute Gasteiger partial charge is 0.0696 e. The molecule has 1 aromatic rings. The molecule has 2 nitrogen and oxygen atoms in total. The topological polar surface area (TPSA) is 32.3 Å². The van der Waals surface area contributed by atoms with Gasteiger partial charge in [0.1, 0.15) is 0 Å². The molecule has 92 valence electrons. The first-order chi connectivity index (χ1) is 8.36. The van der Waals surface area contributed by atoms with Crippen LogP contribution in [0.4, 0.5) is 0 Å². The van der Waals surface area contributed by atoms with E-state index in [-0.39, 0.29) is 12.1 Å². The molecule has 2 rings (SSSR count). The Morgan fingerprint density at radius 3 is 2.53 bits per heavy atom. The minimum atomic E-state index is -0.219. The van der Waals surface area contributed by atoms with Crippen molar-refractivity contribution in [2.75, 3.05) is 0 Å². The molecule has 0 saturated heterocycles. The fraction of sp³-hybridized carbons (Fsp3) is 0.467. The largest absolute Gasteiger partial charge is 0.391 e. The van der Waals surface area contributed by atoms with E-state index in [0.29, 0.717) is 0 Å². The number of allylic oxidation sites excluding steroid dienone is 2. The van der Waals surface area contributed by atoms with Crippen molar-refractivity contribution in [1.82, 2.24) is 5.32 Å². The Morgan fingerprint density at radius 1 is 1.06 bits per heavy atom. The molecule has 0 unspecified atom stereocenters. The first-order valence-corrected chi connectivity index (χ1v) is 6.46. The average molecular weight is 231 g/mol. The van der Waals surface area contributed by atoms with Gasteiger partial charge in [-0.15, -0.1) is 0 Å². The second-order valence-corrected chi connectivity index (χ2v) is 4.67. The van der Waals surface area contributed by atoms with E-state index in [2.05, 4.69) is 29.6 Å². The van der Waals surface area contributed by atoms with E-state index in [9.17, 15) is 5.11 Å². The standard InChI is InChI=1S/C15H21NO/c17-15-11-7-2-1-6-10-14(15)16-12-13-8-4-3-5-9-13/h1-5,8-9,14-17H,6-7,10-12H2/b2-1-/t14-,15-/m1/s1. The molecular formula is C15H21NO. The molecule has 0 bridgehead atoms. The van der Waals surface area contributed by atoms with E-state index < -0.39 is 0 Å². The quantitative estimate of drug-likeness (QED) is 0.784. The van der Waals surface area contributed by atoms with Crippen LogP contribution in [0.1, 0.15) is 31.2 Å². The van der Waals surface area contributed by atoms with E-state index >= 15 is 0 Å². The number of hydrogen-bond donors (Lipinski definition) is 2. The number of hydrogen-bond acceptors (Lipinski definition) is 2. The lowest BCUT2D eigenvalue weighted by Gasteiger charge is -2.25. The molecular weight excluding hydrogens is 210 g/mol. The highest BCUT2D eigenvalue weighted by Crippen LogP contribution is 2.14. The van der Waals surface area contributed by atoms with Crippen LogP contribution in [-0.2, 0) is 6.54 Å². The third-order valence-electron chi connectivity index (χ3n) is 3.32. The second-order valence-electron chi connectivity index (χ2n) is 4.67. The van der Waals surface area contributed by atoms with Gasteiger partial charge in [0.05, 0.1) is 6.10 Å². The van der Waals surface area contributed by atoms with Crippen LogP contribution in [0.2, 0.25) is 0 Å². The van der Waals surface area contributed by atoms with E-state index in [1.807, 2.05) is 18.2 Å². The van der Waals surface area contributed by atoms with Crippen molar-refractivity contribution in [3.05, 3.63) is 48.0 Å². The molecule has 0 heterocycles. The Morgan fingerprint density at radius 2 is 1.76 bits per heavy atom. The molecule has 2 atom stereocenters. The van der Waals surface area contributed by atoms with Crippen molar-refractivity contribution in [3.8, 4) is 0 Å². The van der Waals surface area contributed by atoms with Crippen LogP contribution >= 0.6 is 0 Å². The third-order valence-corrected chi connectivity index (χ3v) is 3.32. The predicted octanol–water partition coefficient (Wildman–Crippen LogP) is 2.64. The predicted molar refractivity (Wildman–Crippen MR) is 70.7 cm³/mol. The van der Waals surface area contributed by atoms with Gasteiger partial charge in [-0.2, -0.15) is 0 Å². The summed E-state index contributed by atoms with van der Waals surface area (Å²) in [5, 5.41) is 13.5. The normalized spacial score (nSPS) is 27.1. The number of rotatable bonds is 3. The summed E-state index contributed by atoms with van der Waals surface area (Å²) in [6, 6.07) is 10.6. The highest BCUT2D eigenvalue weighted by Gasteiger charge is 2.18. The maximum atomic E-state index is 10.1. The van der Waals surface area contributed by atoms with Crippen LogP contribution in [0.3, 0.4) is 0 Å². The zero-order valence-corrected chi connectivity index (χ0v) is 10.2. The van der Waals surface area contributed by atoms with Gasteiger partial charge in [0.2, 0.25) is 0 Å². The molecule has 0 spiro atoms. The van der Waals surface area contributed by atoms with E-state index in [0.717, 1.165) is 32.2 Å². The van der Waals surface area contributed by atoms with Gasteiger partial charge in [-0.3, -0.25) is 0 Å². The summed E-state index contributed by atoms with van der Waals surface area (Å²) in [6.45, 7) is 0.840. The van der Waals surface area contributed by atoms with E-state index in [1.165, 1.54) is 5.56 Å². The Kier molecular flexibility index (Phi) is 4.77. The van der Waals surface area contributed by atoms with Gasteiger partial charge in [-0.05, 0) is 31.2 Å². The van der Waals surface area contributed by atoms with Crippen molar-refractivity contribution < 1.29 is 5.11 Å². The second kappa shape index (κ2) is 6.58. The molecule has 0 fully saturated rings. The van der Waals surface area contributed by atoms with Crippen LogP contribution < -0.4 is 5.32 Å². The van der Waals surface area contributed by atoms with Crippen molar-refractivity contribution in [3.63, 3.8) is 0 Å². The average Bonchev–Trinajstić information content (AvgIpc) is 2.35. The van der Waals surface area contributed by atoms with Crippen LogP contribution in [-0.4, -0.2) is 17.3 Å². The summed E-state index contributed by atoms with van der Waals surface area (Å²) in [5.74, 6) is 0. The van der Waals surface area contributed by atoms with E-state index in [1.54, 1.807) is 0 Å². The molecule has 1 aliphatic rings. The monoisotopic (exact) mass is 231 g/mol. The maximum Gasteiger partial charge on any atom is 0.0696 e. The van der Waals surface area contributed by atoms with Crippen LogP contribution in [0, 0.1) is 0 Å². The maximum absolute atomic E-state index is 10.1. The summed E-state index contributed by atoms with van der Waals surface area (Å²) in [7, 11) is 0. The van der Waals surface area contributed by atoms with Crippen LogP contribution in [0.15, 0.2) is 42.5 Å². The molecule has 2 heteroatoms. The van der Waals surface area contributed by atoms with Gasteiger partial charge < -0.3 is 10.4 Å². The number of aliphatic hydroxyl groups excluding tert-OH is 1. The van der Waals surface area contributed by atoms with Gasteiger partial charge in [-0.25, -0.2) is 0 Å². The molecule has 1 aliphatic carbocycles. The summed E-state index contributed by atoms with van der Waals surface area (Å²) in [5.41, 5.74) is 1.28. The Labute approximate surface area is 103 Å². The first kappa shape index (κ1) is 12.3. The van der Waals surface area contributed by atoms with Crippen molar-refractivity contribution in [2.24, 2.45) is 0 Å². The number of benzene rings is 1. The molecule has 0 saturated carbocycles. The Bertz CT molecular complexity index is 347.